The van der Waals surface area contributed by atoms with Crippen LogP contribution in [-0.2, 0) is 23.7 Å². The van der Waals surface area contributed by atoms with Gasteiger partial charge in [-0.3, -0.25) is 4.79 Å². The fourth-order valence-electron chi connectivity index (χ4n) is 9.81. The summed E-state index contributed by atoms with van der Waals surface area (Å²) in [7, 11) is 0. The van der Waals surface area contributed by atoms with Crippen LogP contribution in [0.2, 0.25) is 0 Å². The van der Waals surface area contributed by atoms with Crippen LogP contribution in [0.5, 0.6) is 0 Å². The third-order valence-corrected chi connectivity index (χ3v) is 14.7. The fraction of sp³-hybridized carbons (Fsp3) is 0.852. The van der Waals surface area contributed by atoms with Gasteiger partial charge in [0.1, 0.15) is 48.8 Å². The van der Waals surface area contributed by atoms with Crippen LogP contribution >= 0.6 is 0 Å². The molecule has 2 rings (SSSR count). The molecule has 0 bridgehead atoms. The second-order valence-corrected chi connectivity index (χ2v) is 21.5. The van der Waals surface area contributed by atoms with Gasteiger partial charge in [0.05, 0.1) is 32.0 Å². The van der Waals surface area contributed by atoms with E-state index in [1.807, 2.05) is 6.08 Å². The van der Waals surface area contributed by atoms with Gasteiger partial charge < -0.3 is 65.1 Å². The van der Waals surface area contributed by atoms with Crippen LogP contribution < -0.4 is 5.32 Å². The van der Waals surface area contributed by atoms with E-state index in [-0.39, 0.29) is 18.9 Å². The number of amides is 1. The second-order valence-electron chi connectivity index (χ2n) is 21.5. The minimum atomic E-state index is -1.79. The predicted molar refractivity (Wildman–Crippen MR) is 300 cm³/mol. The Balaban J connectivity index is 1.75. The molecule has 9 N–H and O–H groups in total. The van der Waals surface area contributed by atoms with E-state index in [2.05, 4.69) is 55.6 Å². The highest BCUT2D eigenvalue weighted by Crippen LogP contribution is 2.30. The first-order valence-corrected chi connectivity index (χ1v) is 30.4. The van der Waals surface area contributed by atoms with Gasteiger partial charge in [-0.15, -0.1) is 0 Å². The Morgan fingerprint density at radius 2 is 0.893 bits per heavy atom. The number of hydrogen-bond donors (Lipinski definition) is 9. The van der Waals surface area contributed by atoms with Gasteiger partial charge in [0.25, 0.3) is 0 Å². The molecule has 2 saturated heterocycles. The maximum atomic E-state index is 13.3. The number of unbranched alkanes of at least 4 members (excludes halogenated alkanes) is 29. The van der Waals surface area contributed by atoms with Crippen LogP contribution in [-0.4, -0.2) is 140 Å². The van der Waals surface area contributed by atoms with Gasteiger partial charge in [-0.2, -0.15) is 0 Å². The second kappa shape index (κ2) is 46.8. The van der Waals surface area contributed by atoms with E-state index >= 15 is 0 Å². The molecule has 0 aromatic carbocycles. The quantitative estimate of drug-likeness (QED) is 0.0204. The first kappa shape index (κ1) is 69.1. The smallest absolute Gasteiger partial charge is 0.220 e. The number of ether oxygens (including phenoxy) is 4. The molecule has 438 valence electrons. The molecule has 2 aliphatic rings. The van der Waals surface area contributed by atoms with Crippen molar-refractivity contribution in [3.8, 4) is 0 Å². The molecule has 12 unspecified atom stereocenters. The standard InChI is InChI=1S/C61H111NO13/c1-3-5-7-9-11-13-15-17-19-21-22-23-24-25-26-27-28-29-31-33-35-37-39-41-43-45-53(66)62-49(50(65)44-42-40-38-36-34-32-30-20-18-16-14-12-10-8-6-4-2)48-72-60-58(71)56(69)59(52(47-64)74-60)75-61-57(70)55(68)54(67)51(46-63)73-61/h15,17,21-22,34,36,42,44,49-52,54-61,63-65,67-71H,3-14,16,18-20,23-33,35,37-41,43,45-48H2,1-2H3,(H,62,66)/b17-15-,22-21-,36-34+,44-42+. The highest BCUT2D eigenvalue weighted by atomic mass is 16.7. The van der Waals surface area contributed by atoms with Crippen molar-refractivity contribution in [3.05, 3.63) is 48.6 Å². The van der Waals surface area contributed by atoms with E-state index in [1.165, 1.54) is 167 Å². The zero-order chi connectivity index (χ0) is 54.6. The molecule has 0 aromatic heterocycles. The lowest BCUT2D eigenvalue weighted by Gasteiger charge is -2.46. The van der Waals surface area contributed by atoms with Crippen LogP contribution in [0.4, 0.5) is 0 Å². The fourth-order valence-corrected chi connectivity index (χ4v) is 9.81. The molecule has 0 saturated carbocycles. The molecule has 0 aliphatic carbocycles. The van der Waals surface area contributed by atoms with Crippen molar-refractivity contribution in [2.45, 2.75) is 312 Å². The summed E-state index contributed by atoms with van der Waals surface area (Å²) < 4.78 is 22.8. The lowest BCUT2D eigenvalue weighted by molar-refractivity contribution is -0.359. The largest absolute Gasteiger partial charge is 0.394 e. The minimum Gasteiger partial charge on any atom is -0.394 e. The Kier molecular flexibility index (Phi) is 43.1. The third kappa shape index (κ3) is 32.6. The first-order chi connectivity index (χ1) is 36.6. The maximum absolute atomic E-state index is 13.3. The maximum Gasteiger partial charge on any atom is 0.220 e. The minimum absolute atomic E-state index is 0.250. The van der Waals surface area contributed by atoms with Gasteiger partial charge in [0.2, 0.25) is 5.91 Å². The molecule has 1 amide bonds. The number of rotatable bonds is 48. The average Bonchev–Trinajstić information content (AvgIpc) is 3.41. The first-order valence-electron chi connectivity index (χ1n) is 30.4. The lowest BCUT2D eigenvalue weighted by Crippen LogP contribution is -2.65. The highest BCUT2D eigenvalue weighted by molar-refractivity contribution is 5.76. The van der Waals surface area contributed by atoms with Gasteiger partial charge >= 0.3 is 0 Å². The summed E-state index contributed by atoms with van der Waals surface area (Å²) in [5.41, 5.74) is 0. The molecule has 2 fully saturated rings. The lowest BCUT2D eigenvalue weighted by atomic mass is 9.97. The average molecular weight is 1070 g/mol. The van der Waals surface area contributed by atoms with Crippen molar-refractivity contribution < 1.29 is 64.6 Å². The van der Waals surface area contributed by atoms with Crippen LogP contribution in [0.1, 0.15) is 239 Å². The summed E-state index contributed by atoms with van der Waals surface area (Å²) in [6.07, 6.45) is 41.5. The number of aliphatic hydroxyl groups excluding tert-OH is 8. The molecule has 14 nitrogen and oxygen atoms in total. The van der Waals surface area contributed by atoms with E-state index in [0.29, 0.717) is 12.8 Å². The molecule has 14 heteroatoms. The zero-order valence-electron chi connectivity index (χ0n) is 47.0. The van der Waals surface area contributed by atoms with Gasteiger partial charge in [-0.1, -0.05) is 217 Å². The molecular formula is C61H111NO13. The van der Waals surface area contributed by atoms with E-state index in [4.69, 9.17) is 18.9 Å². The van der Waals surface area contributed by atoms with Gasteiger partial charge in [0.15, 0.2) is 12.6 Å². The van der Waals surface area contributed by atoms with Crippen LogP contribution in [0.3, 0.4) is 0 Å². The van der Waals surface area contributed by atoms with Crippen molar-refractivity contribution >= 4 is 5.91 Å². The number of allylic oxidation sites excluding steroid dienone is 7. The SMILES string of the molecule is CCCCCCC/C=C\C/C=C\CCCCCCCCCCCCCCCC(=O)NC(COC1OC(CO)C(OC2OC(CO)C(O)C(O)C2O)C(O)C1O)C(O)/C=C/CC/C=C/CCCCCCCCCCCC. The van der Waals surface area contributed by atoms with E-state index < -0.39 is 86.8 Å². The highest BCUT2D eigenvalue weighted by Gasteiger charge is 2.51. The molecular weight excluding hydrogens is 955 g/mol. The number of aliphatic hydroxyl groups is 8. The molecule has 12 atom stereocenters. The molecule has 0 spiro atoms. The summed E-state index contributed by atoms with van der Waals surface area (Å²) in [4.78, 5) is 13.3. The van der Waals surface area contributed by atoms with Crippen LogP contribution in [0, 0.1) is 0 Å². The number of hydrogen-bond acceptors (Lipinski definition) is 13. The zero-order valence-corrected chi connectivity index (χ0v) is 47.0. The Morgan fingerprint density at radius 1 is 0.480 bits per heavy atom. The topological polar surface area (TPSA) is 228 Å². The third-order valence-electron chi connectivity index (χ3n) is 14.7. The summed E-state index contributed by atoms with van der Waals surface area (Å²) in [5.74, 6) is -0.250. The Bertz CT molecular complexity index is 1440. The van der Waals surface area contributed by atoms with Gasteiger partial charge in [0, 0.05) is 6.42 Å². The van der Waals surface area contributed by atoms with Gasteiger partial charge in [-0.05, 0) is 64.2 Å². The van der Waals surface area contributed by atoms with Crippen molar-refractivity contribution in [2.75, 3.05) is 19.8 Å². The predicted octanol–water partition coefficient (Wildman–Crippen LogP) is 10.4. The van der Waals surface area contributed by atoms with Crippen molar-refractivity contribution in [1.29, 1.82) is 0 Å². The van der Waals surface area contributed by atoms with Crippen molar-refractivity contribution in [3.63, 3.8) is 0 Å². The summed E-state index contributed by atoms with van der Waals surface area (Å²) in [6.45, 7) is 2.77. The van der Waals surface area contributed by atoms with Crippen LogP contribution in [0.15, 0.2) is 48.6 Å². The Labute approximate surface area is 454 Å². The molecule has 2 heterocycles. The molecule has 2 aliphatic heterocycles. The number of carbonyl (C=O) groups excluding carboxylic acids is 1. The molecule has 0 aromatic rings. The monoisotopic (exact) mass is 1070 g/mol. The Morgan fingerprint density at radius 3 is 1.39 bits per heavy atom. The molecule has 0 radical (unpaired) electrons. The van der Waals surface area contributed by atoms with E-state index in [9.17, 15) is 45.6 Å². The van der Waals surface area contributed by atoms with Crippen molar-refractivity contribution in [1.82, 2.24) is 5.32 Å². The van der Waals surface area contributed by atoms with E-state index in [1.54, 1.807) is 6.08 Å². The summed E-state index contributed by atoms with van der Waals surface area (Å²) >= 11 is 0. The molecule has 75 heavy (non-hydrogen) atoms. The summed E-state index contributed by atoms with van der Waals surface area (Å²) in [6, 6.07) is -0.932. The Hall–Kier alpha value is -2.05. The van der Waals surface area contributed by atoms with Crippen molar-refractivity contribution in [2.24, 2.45) is 0 Å². The normalized spacial score (nSPS) is 25.4. The summed E-state index contributed by atoms with van der Waals surface area (Å²) in [5, 5.41) is 87.1. The number of nitrogens with one attached hydrogen (secondary N) is 1. The van der Waals surface area contributed by atoms with E-state index in [0.717, 1.165) is 38.5 Å². The van der Waals surface area contributed by atoms with Gasteiger partial charge in [-0.25, -0.2) is 0 Å². The van der Waals surface area contributed by atoms with Crippen LogP contribution in [0.25, 0.3) is 0 Å². The number of carbonyl (C=O) groups is 1.